The van der Waals surface area contributed by atoms with E-state index in [-0.39, 0.29) is 0 Å². The van der Waals surface area contributed by atoms with Gasteiger partial charge >= 0.3 is 0 Å². The van der Waals surface area contributed by atoms with Crippen molar-refractivity contribution in [2.24, 2.45) is 0 Å². The van der Waals surface area contributed by atoms with E-state index in [4.69, 9.17) is 0 Å². The van der Waals surface area contributed by atoms with Crippen LogP contribution < -0.4 is 5.30 Å². The molecule has 1 spiro atoms. The van der Waals surface area contributed by atoms with Gasteiger partial charge in [0, 0.05) is 5.30 Å². The highest BCUT2D eigenvalue weighted by molar-refractivity contribution is 7.70. The van der Waals surface area contributed by atoms with Gasteiger partial charge in [-0.3, -0.25) is 0 Å². The Kier molecular flexibility index (Phi) is 5.01. The summed E-state index contributed by atoms with van der Waals surface area (Å²) >= 11 is 0. The van der Waals surface area contributed by atoms with Crippen molar-refractivity contribution in [3.8, 4) is 33.4 Å². The van der Waals surface area contributed by atoms with Gasteiger partial charge in [0.1, 0.15) is 7.14 Å². The molecule has 2 aliphatic carbocycles. The highest BCUT2D eigenvalue weighted by Gasteiger charge is 2.52. The van der Waals surface area contributed by atoms with Crippen LogP contribution >= 0.6 is 7.14 Å². The van der Waals surface area contributed by atoms with Crippen molar-refractivity contribution >= 4 is 34.0 Å². The second-order valence-corrected chi connectivity index (χ2v) is 15.6. The van der Waals surface area contributed by atoms with Crippen LogP contribution in [0.3, 0.4) is 0 Å². The average Bonchev–Trinajstić information content (AvgIpc) is 3.50. The fourth-order valence-electron chi connectivity index (χ4n) is 7.84. The molecule has 2 heteroatoms. The van der Waals surface area contributed by atoms with Crippen molar-refractivity contribution < 1.29 is 4.57 Å². The molecule has 0 radical (unpaired) electrons. The molecule has 0 saturated heterocycles. The van der Waals surface area contributed by atoms with Crippen LogP contribution in [0.1, 0.15) is 22.3 Å². The molecule has 0 bridgehead atoms. The minimum atomic E-state index is -2.32. The fraction of sp³-hybridized carbons (Fsp3) is 0.0732. The Bertz CT molecular complexity index is 2340. The predicted octanol–water partition coefficient (Wildman–Crippen LogP) is 10.3. The van der Waals surface area contributed by atoms with E-state index in [0.717, 1.165) is 10.9 Å². The first-order valence-electron chi connectivity index (χ1n) is 14.9. The van der Waals surface area contributed by atoms with Crippen LogP contribution in [-0.2, 0) is 9.98 Å². The van der Waals surface area contributed by atoms with Crippen LogP contribution in [-0.4, -0.2) is 13.3 Å². The molecule has 2 aliphatic rings. The minimum Gasteiger partial charge on any atom is -0.319 e. The van der Waals surface area contributed by atoms with E-state index < -0.39 is 12.6 Å². The largest absolute Gasteiger partial charge is 0.319 e. The Morgan fingerprint density at radius 1 is 0.465 bits per heavy atom. The molecule has 0 aromatic heterocycles. The first kappa shape index (κ1) is 24.8. The van der Waals surface area contributed by atoms with E-state index in [9.17, 15) is 4.57 Å². The highest BCUT2D eigenvalue weighted by Crippen LogP contribution is 2.64. The maximum absolute atomic E-state index is 12.8. The Balaban J connectivity index is 1.42. The Hall–Kier alpha value is -4.71. The summed E-state index contributed by atoms with van der Waals surface area (Å²) in [4.78, 5) is 0. The molecule has 43 heavy (non-hydrogen) atoms. The maximum atomic E-state index is 12.8. The molecule has 0 saturated carbocycles. The first-order valence-corrected chi connectivity index (χ1v) is 17.5. The van der Waals surface area contributed by atoms with Crippen molar-refractivity contribution in [2.45, 2.75) is 5.41 Å². The van der Waals surface area contributed by atoms with Gasteiger partial charge in [-0.2, -0.15) is 0 Å². The number of hydrogen-bond donors (Lipinski definition) is 0. The third kappa shape index (κ3) is 3.32. The van der Waals surface area contributed by atoms with E-state index in [1.165, 1.54) is 71.6 Å². The predicted molar refractivity (Wildman–Crippen MR) is 182 cm³/mol. The van der Waals surface area contributed by atoms with Crippen molar-refractivity contribution in [3.63, 3.8) is 0 Å². The minimum absolute atomic E-state index is 0.444. The van der Waals surface area contributed by atoms with Crippen molar-refractivity contribution in [2.75, 3.05) is 13.3 Å². The van der Waals surface area contributed by atoms with Gasteiger partial charge in [0.2, 0.25) is 0 Å². The molecule has 0 heterocycles. The number of fused-ring (bicyclic) bond motifs is 13. The molecule has 0 fully saturated rings. The smallest absolute Gasteiger partial charge is 0.109 e. The van der Waals surface area contributed by atoms with Gasteiger partial charge in [-0.15, -0.1) is 0 Å². The van der Waals surface area contributed by atoms with E-state index in [1.807, 2.05) is 25.5 Å². The zero-order valence-electron chi connectivity index (χ0n) is 24.1. The van der Waals surface area contributed by atoms with Gasteiger partial charge in [0.05, 0.1) is 5.41 Å². The standard InChI is InChI=1S/C41H29OP/c1-43(2,42)31-19-15-26(16-20-31)30-18-21-34-36-23-28-10-3-4-11-29(28)24-39(36)41(38(34)25-30)37-14-8-7-13-33(37)35-22-17-27-9-5-6-12-32(27)40(35)41/h3-25H,1-2H3. The molecule has 204 valence electrons. The molecule has 1 nitrogen and oxygen atoms in total. The summed E-state index contributed by atoms with van der Waals surface area (Å²) in [5.41, 5.74) is 12.5. The third-order valence-corrected chi connectivity index (χ3v) is 11.3. The zero-order valence-corrected chi connectivity index (χ0v) is 25.0. The van der Waals surface area contributed by atoms with Gasteiger partial charge in [0.25, 0.3) is 0 Å². The monoisotopic (exact) mass is 568 g/mol. The Morgan fingerprint density at radius 2 is 1.07 bits per heavy atom. The Morgan fingerprint density at radius 3 is 1.86 bits per heavy atom. The molecule has 9 rings (SSSR count). The Labute approximate surface area is 251 Å². The molecule has 0 amide bonds. The van der Waals surface area contributed by atoms with Gasteiger partial charge in [0.15, 0.2) is 0 Å². The van der Waals surface area contributed by atoms with Gasteiger partial charge in [-0.05, 0) is 109 Å². The quantitative estimate of drug-likeness (QED) is 0.190. The van der Waals surface area contributed by atoms with Crippen molar-refractivity contribution in [1.29, 1.82) is 0 Å². The summed E-state index contributed by atoms with van der Waals surface area (Å²) in [5, 5.41) is 6.01. The SMILES string of the molecule is CP(C)(=O)c1ccc(-c2ccc3c(c2)C2(c4cc5ccccc5cc4-3)c3ccccc3-c3ccc4ccccc4c32)cc1. The van der Waals surface area contributed by atoms with E-state index >= 15 is 0 Å². The summed E-state index contributed by atoms with van der Waals surface area (Å²) in [6.07, 6.45) is 0. The van der Waals surface area contributed by atoms with Gasteiger partial charge < -0.3 is 4.57 Å². The van der Waals surface area contributed by atoms with Crippen molar-refractivity contribution in [3.05, 3.63) is 162 Å². The second-order valence-electron chi connectivity index (χ2n) is 12.4. The van der Waals surface area contributed by atoms with Crippen LogP contribution in [0.5, 0.6) is 0 Å². The first-order chi connectivity index (χ1) is 20.9. The van der Waals surface area contributed by atoms with Crippen LogP contribution in [0.2, 0.25) is 0 Å². The molecular weight excluding hydrogens is 539 g/mol. The summed E-state index contributed by atoms with van der Waals surface area (Å²) in [7, 11) is -2.32. The summed E-state index contributed by atoms with van der Waals surface area (Å²) in [6.45, 7) is 3.67. The lowest BCUT2D eigenvalue weighted by Gasteiger charge is -2.32. The summed E-state index contributed by atoms with van der Waals surface area (Å²) in [5.74, 6) is 0. The highest BCUT2D eigenvalue weighted by atomic mass is 31.2. The van der Waals surface area contributed by atoms with Gasteiger partial charge in [-0.25, -0.2) is 0 Å². The van der Waals surface area contributed by atoms with Crippen molar-refractivity contribution in [1.82, 2.24) is 0 Å². The number of hydrogen-bond acceptors (Lipinski definition) is 1. The van der Waals surface area contributed by atoms with Crippen LogP contribution in [0.4, 0.5) is 0 Å². The van der Waals surface area contributed by atoms with Crippen LogP contribution in [0, 0.1) is 0 Å². The zero-order chi connectivity index (χ0) is 28.9. The maximum Gasteiger partial charge on any atom is 0.109 e. The van der Waals surface area contributed by atoms with Crippen LogP contribution in [0.25, 0.3) is 54.9 Å². The molecular formula is C41H29OP. The molecule has 1 atom stereocenters. The topological polar surface area (TPSA) is 17.1 Å². The normalized spacial score (nSPS) is 16.3. The second kappa shape index (κ2) is 8.66. The molecule has 1 unspecified atom stereocenters. The molecule has 7 aromatic rings. The molecule has 7 aromatic carbocycles. The lowest BCUT2D eigenvalue weighted by Crippen LogP contribution is -2.26. The third-order valence-electron chi connectivity index (χ3n) is 9.75. The van der Waals surface area contributed by atoms with E-state index in [0.29, 0.717) is 0 Å². The summed E-state index contributed by atoms with van der Waals surface area (Å²) < 4.78 is 12.8. The van der Waals surface area contributed by atoms with E-state index in [2.05, 4.69) is 127 Å². The fourth-order valence-corrected chi connectivity index (χ4v) is 8.71. The molecule has 0 aliphatic heterocycles. The van der Waals surface area contributed by atoms with Gasteiger partial charge in [-0.1, -0.05) is 121 Å². The van der Waals surface area contributed by atoms with E-state index in [1.54, 1.807) is 0 Å². The lowest BCUT2D eigenvalue weighted by atomic mass is 9.69. The number of benzene rings is 7. The summed E-state index contributed by atoms with van der Waals surface area (Å²) in [6, 6.07) is 51.4. The molecule has 0 N–H and O–H groups in total. The average molecular weight is 569 g/mol. The number of rotatable bonds is 2. The lowest BCUT2D eigenvalue weighted by molar-refractivity contribution is 0.588. The van der Waals surface area contributed by atoms with Crippen LogP contribution in [0.15, 0.2) is 140 Å².